The van der Waals surface area contributed by atoms with Gasteiger partial charge in [0.15, 0.2) is 5.82 Å². The Kier molecular flexibility index (Phi) is 2.40. The summed E-state index contributed by atoms with van der Waals surface area (Å²) in [7, 11) is 0. The van der Waals surface area contributed by atoms with Gasteiger partial charge in [0.05, 0.1) is 0 Å². The van der Waals surface area contributed by atoms with Crippen LogP contribution in [-0.2, 0) is 11.3 Å². The maximum atomic E-state index is 10.4. The van der Waals surface area contributed by atoms with Gasteiger partial charge >= 0.3 is 5.97 Å². The van der Waals surface area contributed by atoms with E-state index in [1.165, 1.54) is 11.0 Å². The van der Waals surface area contributed by atoms with Crippen LogP contribution in [0.5, 0.6) is 0 Å². The van der Waals surface area contributed by atoms with Crippen molar-refractivity contribution in [2.45, 2.75) is 6.54 Å². The van der Waals surface area contributed by atoms with Crippen molar-refractivity contribution >= 4 is 5.97 Å². The molecule has 0 unspecified atom stereocenters. The first-order valence-electron chi connectivity index (χ1n) is 4.27. The summed E-state index contributed by atoms with van der Waals surface area (Å²) in [5, 5.41) is 12.6. The second-order valence-corrected chi connectivity index (χ2v) is 2.90. The van der Waals surface area contributed by atoms with Gasteiger partial charge in [0.1, 0.15) is 12.9 Å². The monoisotopic (exact) mass is 204 g/mol. The van der Waals surface area contributed by atoms with Gasteiger partial charge in [-0.25, -0.2) is 9.67 Å². The van der Waals surface area contributed by atoms with E-state index < -0.39 is 5.97 Å². The molecule has 2 aromatic rings. The van der Waals surface area contributed by atoms with Crippen LogP contribution in [0.2, 0.25) is 0 Å². The van der Waals surface area contributed by atoms with Crippen LogP contribution >= 0.6 is 0 Å². The van der Waals surface area contributed by atoms with Crippen LogP contribution in [-0.4, -0.2) is 30.8 Å². The highest BCUT2D eigenvalue weighted by Crippen LogP contribution is 2.10. The quantitative estimate of drug-likeness (QED) is 0.783. The standard InChI is InChI=1S/C9H8N4O2/c14-8(15)5-13-6-11-9(12-13)7-2-1-3-10-4-7/h1-4,6H,5H2,(H,14,15). The molecule has 2 rings (SSSR count). The molecular formula is C9H8N4O2. The topological polar surface area (TPSA) is 80.9 Å². The Morgan fingerprint density at radius 3 is 3.07 bits per heavy atom. The van der Waals surface area contributed by atoms with E-state index in [0.717, 1.165) is 5.56 Å². The maximum Gasteiger partial charge on any atom is 0.325 e. The van der Waals surface area contributed by atoms with Gasteiger partial charge in [0, 0.05) is 18.0 Å². The molecule has 15 heavy (non-hydrogen) atoms. The van der Waals surface area contributed by atoms with Crippen molar-refractivity contribution in [1.82, 2.24) is 19.7 Å². The predicted octanol–water partition coefficient (Wildman–Crippen LogP) is 0.425. The van der Waals surface area contributed by atoms with E-state index in [9.17, 15) is 4.79 Å². The third kappa shape index (κ3) is 2.16. The first-order valence-corrected chi connectivity index (χ1v) is 4.27. The van der Waals surface area contributed by atoms with Crippen LogP contribution < -0.4 is 0 Å². The number of aromatic nitrogens is 4. The van der Waals surface area contributed by atoms with Gasteiger partial charge in [-0.2, -0.15) is 5.10 Å². The molecule has 0 aliphatic rings. The maximum absolute atomic E-state index is 10.4. The number of nitrogens with zero attached hydrogens (tertiary/aromatic N) is 4. The number of hydrogen-bond donors (Lipinski definition) is 1. The van der Waals surface area contributed by atoms with Crippen LogP contribution in [0, 0.1) is 0 Å². The van der Waals surface area contributed by atoms with Gasteiger partial charge in [-0.05, 0) is 12.1 Å². The van der Waals surface area contributed by atoms with Crippen LogP contribution in [0.1, 0.15) is 0 Å². The molecule has 0 fully saturated rings. The number of hydrogen-bond acceptors (Lipinski definition) is 4. The van der Waals surface area contributed by atoms with Crippen molar-refractivity contribution in [2.75, 3.05) is 0 Å². The zero-order chi connectivity index (χ0) is 10.7. The Labute approximate surface area is 85.2 Å². The normalized spacial score (nSPS) is 10.1. The summed E-state index contributed by atoms with van der Waals surface area (Å²) in [6.07, 6.45) is 4.66. The van der Waals surface area contributed by atoms with Gasteiger partial charge in [-0.15, -0.1) is 0 Å². The summed E-state index contributed by atoms with van der Waals surface area (Å²) in [6, 6.07) is 3.58. The number of pyridine rings is 1. The minimum atomic E-state index is -0.947. The lowest BCUT2D eigenvalue weighted by Gasteiger charge is -1.93. The van der Waals surface area contributed by atoms with E-state index in [1.807, 2.05) is 6.07 Å². The van der Waals surface area contributed by atoms with Gasteiger partial charge < -0.3 is 5.11 Å². The van der Waals surface area contributed by atoms with E-state index in [2.05, 4.69) is 15.1 Å². The second-order valence-electron chi connectivity index (χ2n) is 2.90. The van der Waals surface area contributed by atoms with Crippen LogP contribution in [0.4, 0.5) is 0 Å². The summed E-state index contributed by atoms with van der Waals surface area (Å²) >= 11 is 0. The Hall–Kier alpha value is -2.24. The zero-order valence-electron chi connectivity index (χ0n) is 7.74. The molecule has 0 radical (unpaired) electrons. The van der Waals surface area contributed by atoms with E-state index in [-0.39, 0.29) is 6.54 Å². The van der Waals surface area contributed by atoms with Crippen molar-refractivity contribution in [3.63, 3.8) is 0 Å². The van der Waals surface area contributed by atoms with E-state index in [0.29, 0.717) is 5.82 Å². The molecule has 6 nitrogen and oxygen atoms in total. The minimum Gasteiger partial charge on any atom is -0.480 e. The second kappa shape index (κ2) is 3.87. The van der Waals surface area contributed by atoms with Gasteiger partial charge in [0.25, 0.3) is 0 Å². The molecule has 0 aliphatic carbocycles. The molecule has 1 N–H and O–H groups in total. The summed E-state index contributed by atoms with van der Waals surface area (Å²) in [6.45, 7) is -0.187. The molecule has 0 aliphatic heterocycles. The molecule has 0 spiro atoms. The van der Waals surface area contributed by atoms with Gasteiger partial charge in [-0.3, -0.25) is 9.78 Å². The number of rotatable bonds is 3. The van der Waals surface area contributed by atoms with Crippen LogP contribution in [0.15, 0.2) is 30.9 Å². The van der Waals surface area contributed by atoms with E-state index in [1.54, 1.807) is 18.5 Å². The molecule has 76 valence electrons. The highest BCUT2D eigenvalue weighted by molar-refractivity contribution is 5.66. The highest BCUT2D eigenvalue weighted by atomic mass is 16.4. The molecule has 0 saturated carbocycles. The SMILES string of the molecule is O=C(O)Cn1cnc(-c2cccnc2)n1. The Bertz CT molecular complexity index is 466. The molecule has 2 heterocycles. The summed E-state index contributed by atoms with van der Waals surface area (Å²) in [5.74, 6) is -0.470. The third-order valence-electron chi connectivity index (χ3n) is 1.75. The minimum absolute atomic E-state index is 0.187. The zero-order valence-corrected chi connectivity index (χ0v) is 7.74. The number of carbonyl (C=O) groups is 1. The lowest BCUT2D eigenvalue weighted by atomic mass is 10.3. The molecule has 2 aromatic heterocycles. The predicted molar refractivity (Wildman–Crippen MR) is 50.9 cm³/mol. The summed E-state index contributed by atoms with van der Waals surface area (Å²) in [4.78, 5) is 18.3. The average molecular weight is 204 g/mol. The molecule has 0 bridgehead atoms. The lowest BCUT2D eigenvalue weighted by Crippen LogP contribution is -2.08. The largest absolute Gasteiger partial charge is 0.480 e. The number of carboxylic acid groups (broad SMARTS) is 1. The fourth-order valence-corrected chi connectivity index (χ4v) is 1.14. The van der Waals surface area contributed by atoms with Crippen molar-refractivity contribution in [2.24, 2.45) is 0 Å². The van der Waals surface area contributed by atoms with E-state index in [4.69, 9.17) is 5.11 Å². The molecular weight excluding hydrogens is 196 g/mol. The Balaban J connectivity index is 2.24. The van der Waals surface area contributed by atoms with Crippen LogP contribution in [0.3, 0.4) is 0 Å². The fourth-order valence-electron chi connectivity index (χ4n) is 1.14. The molecule has 0 amide bonds. The first kappa shape index (κ1) is 9.32. The highest BCUT2D eigenvalue weighted by Gasteiger charge is 2.05. The van der Waals surface area contributed by atoms with E-state index >= 15 is 0 Å². The smallest absolute Gasteiger partial charge is 0.325 e. The Morgan fingerprint density at radius 2 is 2.40 bits per heavy atom. The Morgan fingerprint density at radius 1 is 1.53 bits per heavy atom. The molecule has 6 heteroatoms. The summed E-state index contributed by atoms with van der Waals surface area (Å²) in [5.41, 5.74) is 0.765. The summed E-state index contributed by atoms with van der Waals surface area (Å²) < 4.78 is 1.27. The van der Waals surface area contributed by atoms with Gasteiger partial charge in [-0.1, -0.05) is 0 Å². The lowest BCUT2D eigenvalue weighted by molar-refractivity contribution is -0.137. The number of carboxylic acids is 1. The third-order valence-corrected chi connectivity index (χ3v) is 1.75. The molecule has 0 aromatic carbocycles. The van der Waals surface area contributed by atoms with Crippen molar-refractivity contribution in [3.05, 3.63) is 30.9 Å². The van der Waals surface area contributed by atoms with Crippen molar-refractivity contribution in [3.8, 4) is 11.4 Å². The van der Waals surface area contributed by atoms with Crippen LogP contribution in [0.25, 0.3) is 11.4 Å². The number of aliphatic carboxylic acids is 1. The molecule has 0 atom stereocenters. The van der Waals surface area contributed by atoms with Crippen molar-refractivity contribution < 1.29 is 9.90 Å². The van der Waals surface area contributed by atoms with Gasteiger partial charge in [0.2, 0.25) is 0 Å². The first-order chi connectivity index (χ1) is 7.25. The fraction of sp³-hybridized carbons (Fsp3) is 0.111. The van der Waals surface area contributed by atoms with Crippen molar-refractivity contribution in [1.29, 1.82) is 0 Å². The average Bonchev–Trinajstić information content (AvgIpc) is 2.67. The molecule has 0 saturated heterocycles.